The van der Waals surface area contributed by atoms with Crippen molar-refractivity contribution in [2.45, 2.75) is 30.5 Å². The SMILES string of the molecule is CC(C)(C(N)C(=O)O)C(S)C(N)S. The van der Waals surface area contributed by atoms with E-state index in [0.717, 1.165) is 0 Å². The Balaban J connectivity index is 4.64. The van der Waals surface area contributed by atoms with Crippen molar-refractivity contribution < 1.29 is 9.90 Å². The first kappa shape index (κ1) is 13.1. The third-order valence-electron chi connectivity index (χ3n) is 2.15. The average Bonchev–Trinajstić information content (AvgIpc) is 2.01. The normalized spacial score (nSPS) is 19.2. The summed E-state index contributed by atoms with van der Waals surface area (Å²) in [6.07, 6.45) is 0. The lowest BCUT2D eigenvalue weighted by molar-refractivity contribution is -0.141. The molecule has 3 atom stereocenters. The van der Waals surface area contributed by atoms with Crippen LogP contribution in [0.25, 0.3) is 0 Å². The van der Waals surface area contributed by atoms with Gasteiger partial charge in [-0.25, -0.2) is 0 Å². The van der Waals surface area contributed by atoms with Crippen molar-refractivity contribution in [2.75, 3.05) is 0 Å². The minimum absolute atomic E-state index is 0.373. The highest BCUT2D eigenvalue weighted by atomic mass is 32.1. The van der Waals surface area contributed by atoms with E-state index in [1.54, 1.807) is 13.8 Å². The fourth-order valence-electron chi connectivity index (χ4n) is 0.942. The molecule has 4 nitrogen and oxygen atoms in total. The molecule has 6 heteroatoms. The Morgan fingerprint density at radius 3 is 2.00 bits per heavy atom. The zero-order valence-corrected chi connectivity index (χ0v) is 9.43. The summed E-state index contributed by atoms with van der Waals surface area (Å²) >= 11 is 8.20. The van der Waals surface area contributed by atoms with Crippen LogP contribution in [-0.2, 0) is 4.79 Å². The van der Waals surface area contributed by atoms with Crippen LogP contribution in [0.2, 0.25) is 0 Å². The highest BCUT2D eigenvalue weighted by molar-refractivity contribution is 7.85. The number of aliphatic carboxylic acids is 1. The quantitative estimate of drug-likeness (QED) is 0.342. The fraction of sp³-hybridized carbons (Fsp3) is 0.857. The molecular formula is C7H16N2O2S2. The van der Waals surface area contributed by atoms with Crippen LogP contribution in [0.1, 0.15) is 13.8 Å². The van der Waals surface area contributed by atoms with Crippen LogP contribution in [0.5, 0.6) is 0 Å². The monoisotopic (exact) mass is 224 g/mol. The predicted octanol–water partition coefficient (Wildman–Crippen LogP) is -0.0625. The maximum Gasteiger partial charge on any atom is 0.321 e. The second-order valence-electron chi connectivity index (χ2n) is 3.57. The molecular weight excluding hydrogens is 208 g/mol. The summed E-state index contributed by atoms with van der Waals surface area (Å²) < 4.78 is 0. The summed E-state index contributed by atoms with van der Waals surface area (Å²) in [7, 11) is 0. The predicted molar refractivity (Wildman–Crippen MR) is 59.1 cm³/mol. The molecule has 3 unspecified atom stereocenters. The largest absolute Gasteiger partial charge is 0.480 e. The number of carboxylic acids is 1. The molecule has 0 aromatic heterocycles. The second-order valence-corrected chi connectivity index (χ2v) is 4.73. The maximum absolute atomic E-state index is 10.6. The lowest BCUT2D eigenvalue weighted by atomic mass is 9.81. The van der Waals surface area contributed by atoms with Gasteiger partial charge in [0.05, 0.1) is 5.37 Å². The van der Waals surface area contributed by atoms with E-state index < -0.39 is 22.8 Å². The average molecular weight is 224 g/mol. The Morgan fingerprint density at radius 2 is 1.77 bits per heavy atom. The first-order valence-electron chi connectivity index (χ1n) is 3.81. The Bertz CT molecular complexity index is 197. The molecule has 0 radical (unpaired) electrons. The Kier molecular flexibility index (Phi) is 4.58. The summed E-state index contributed by atoms with van der Waals surface area (Å²) in [5.74, 6) is -1.06. The van der Waals surface area contributed by atoms with Crippen molar-refractivity contribution in [3.63, 3.8) is 0 Å². The van der Waals surface area contributed by atoms with Gasteiger partial charge in [-0.15, -0.1) is 0 Å². The van der Waals surface area contributed by atoms with Gasteiger partial charge in [-0.05, 0) is 0 Å². The Hall–Kier alpha value is 0.0900. The van der Waals surface area contributed by atoms with Crippen LogP contribution in [-0.4, -0.2) is 27.7 Å². The number of thiol groups is 2. The number of carbonyl (C=O) groups is 1. The molecule has 78 valence electrons. The topological polar surface area (TPSA) is 89.3 Å². The van der Waals surface area contributed by atoms with Crippen molar-refractivity contribution in [3.8, 4) is 0 Å². The van der Waals surface area contributed by atoms with Crippen molar-refractivity contribution in [1.29, 1.82) is 0 Å². The zero-order chi connectivity index (χ0) is 10.8. The van der Waals surface area contributed by atoms with Crippen molar-refractivity contribution in [3.05, 3.63) is 0 Å². The number of hydrogen-bond acceptors (Lipinski definition) is 5. The fourth-order valence-corrected chi connectivity index (χ4v) is 1.49. The van der Waals surface area contributed by atoms with Crippen LogP contribution in [0.3, 0.4) is 0 Å². The van der Waals surface area contributed by atoms with Gasteiger partial charge in [0.1, 0.15) is 6.04 Å². The molecule has 0 aliphatic rings. The van der Waals surface area contributed by atoms with E-state index in [9.17, 15) is 4.79 Å². The lowest BCUT2D eigenvalue weighted by Gasteiger charge is -2.35. The molecule has 13 heavy (non-hydrogen) atoms. The van der Waals surface area contributed by atoms with Crippen LogP contribution >= 0.6 is 25.3 Å². The summed E-state index contributed by atoms with van der Waals surface area (Å²) in [6.45, 7) is 3.42. The van der Waals surface area contributed by atoms with Gasteiger partial charge in [-0.2, -0.15) is 25.3 Å². The molecule has 0 saturated heterocycles. The molecule has 0 spiro atoms. The minimum atomic E-state index is -1.06. The zero-order valence-electron chi connectivity index (χ0n) is 7.64. The van der Waals surface area contributed by atoms with E-state index in [2.05, 4.69) is 25.3 Å². The molecule has 0 rings (SSSR count). The van der Waals surface area contributed by atoms with Gasteiger partial charge < -0.3 is 16.6 Å². The number of rotatable bonds is 4. The molecule has 0 bridgehead atoms. The molecule has 0 heterocycles. The highest BCUT2D eigenvalue weighted by Crippen LogP contribution is 2.31. The van der Waals surface area contributed by atoms with E-state index >= 15 is 0 Å². The van der Waals surface area contributed by atoms with Gasteiger partial charge in [0.25, 0.3) is 0 Å². The van der Waals surface area contributed by atoms with Crippen LogP contribution < -0.4 is 11.5 Å². The van der Waals surface area contributed by atoms with Crippen molar-refractivity contribution in [2.24, 2.45) is 16.9 Å². The summed E-state index contributed by atoms with van der Waals surface area (Å²) in [4.78, 5) is 10.6. The third kappa shape index (κ3) is 3.05. The minimum Gasteiger partial charge on any atom is -0.480 e. The van der Waals surface area contributed by atoms with E-state index in [-0.39, 0.29) is 5.25 Å². The van der Waals surface area contributed by atoms with E-state index in [4.69, 9.17) is 16.6 Å². The molecule has 5 N–H and O–H groups in total. The van der Waals surface area contributed by atoms with E-state index in [0.29, 0.717) is 0 Å². The molecule has 0 aliphatic heterocycles. The van der Waals surface area contributed by atoms with Gasteiger partial charge in [0, 0.05) is 10.7 Å². The molecule has 0 fully saturated rings. The Labute approximate surface area is 88.9 Å². The number of hydrogen-bond donors (Lipinski definition) is 5. The first-order valence-corrected chi connectivity index (χ1v) is 4.84. The molecule has 0 amide bonds. The van der Waals surface area contributed by atoms with Crippen molar-refractivity contribution >= 4 is 31.2 Å². The molecule has 0 aliphatic carbocycles. The van der Waals surface area contributed by atoms with E-state index in [1.165, 1.54) is 0 Å². The molecule has 0 aromatic rings. The number of nitrogens with two attached hydrogens (primary N) is 2. The van der Waals surface area contributed by atoms with Gasteiger partial charge >= 0.3 is 5.97 Å². The highest BCUT2D eigenvalue weighted by Gasteiger charge is 2.39. The molecule has 0 aromatic carbocycles. The van der Waals surface area contributed by atoms with Gasteiger partial charge in [0.15, 0.2) is 0 Å². The summed E-state index contributed by atoms with van der Waals surface area (Å²) in [6, 6.07) is -0.992. The van der Waals surface area contributed by atoms with Crippen LogP contribution in [0.15, 0.2) is 0 Å². The third-order valence-corrected chi connectivity index (χ3v) is 3.67. The van der Waals surface area contributed by atoms with Crippen LogP contribution in [0.4, 0.5) is 0 Å². The standard InChI is InChI=1S/C7H16N2O2S2/c1-7(2,3(8)6(10)11)4(12)5(9)13/h3-5,12-13H,8-9H2,1-2H3,(H,10,11). The summed E-state index contributed by atoms with van der Waals surface area (Å²) in [5.41, 5.74) is 10.3. The Morgan fingerprint density at radius 1 is 1.38 bits per heavy atom. The second kappa shape index (κ2) is 4.54. The smallest absolute Gasteiger partial charge is 0.321 e. The maximum atomic E-state index is 10.6. The lowest BCUT2D eigenvalue weighted by Crippen LogP contribution is -2.52. The van der Waals surface area contributed by atoms with Gasteiger partial charge in [-0.1, -0.05) is 13.8 Å². The van der Waals surface area contributed by atoms with Gasteiger partial charge in [-0.3, -0.25) is 4.79 Å². The van der Waals surface area contributed by atoms with Crippen molar-refractivity contribution in [1.82, 2.24) is 0 Å². The number of carboxylic acid groups (broad SMARTS) is 1. The first-order chi connectivity index (χ1) is 5.71. The molecule has 0 saturated carbocycles. The van der Waals surface area contributed by atoms with Gasteiger partial charge in [0.2, 0.25) is 0 Å². The summed E-state index contributed by atoms with van der Waals surface area (Å²) in [5, 5.41) is 7.85. The van der Waals surface area contributed by atoms with E-state index in [1.807, 2.05) is 0 Å². The van der Waals surface area contributed by atoms with Crippen LogP contribution in [0, 0.1) is 5.41 Å².